The fourth-order valence-electron chi connectivity index (χ4n) is 16.3. The number of fused-ring (bicyclic) bond motifs is 3. The van der Waals surface area contributed by atoms with Crippen LogP contribution >= 0.6 is 0 Å². The van der Waals surface area contributed by atoms with E-state index in [1.54, 1.807) is 32.9 Å². The Morgan fingerprint density at radius 2 is 1.32 bits per heavy atom. The number of nitrogens with zero attached hydrogens (tertiary/aromatic N) is 9. The number of hydrogen-bond donors (Lipinski definition) is 3. The average molecular weight is 1500 g/mol. The van der Waals surface area contributed by atoms with Crippen molar-refractivity contribution in [2.45, 2.75) is 246 Å². The molecule has 2 unspecified atom stereocenters. The van der Waals surface area contributed by atoms with Crippen LogP contribution < -0.4 is 16.0 Å². The molecule has 0 aromatic carbocycles. The maximum Gasteiger partial charge on any atom is 0.397 e. The Balaban J connectivity index is 1.32. The zero-order valence-electron chi connectivity index (χ0n) is 62.7. The van der Waals surface area contributed by atoms with E-state index in [4.69, 9.17) is 4.74 Å². The van der Waals surface area contributed by atoms with Crippen LogP contribution in [-0.2, 0) is 62.3 Å². The van der Waals surface area contributed by atoms with Gasteiger partial charge in [-0.2, -0.15) is 13.2 Å². The lowest BCUT2D eigenvalue weighted by Gasteiger charge is -2.46. The number of likely N-dealkylation sites (N-methyl/N-ethyl adjacent to an activating group) is 7. The van der Waals surface area contributed by atoms with E-state index in [1.165, 1.54) is 77.2 Å². The number of halogens is 7. The second-order valence-electron chi connectivity index (χ2n) is 30.6. The topological polar surface area (TPSA) is 279 Å². The molecule has 3 N–H and O–H groups in total. The molecule has 1 spiro atoms. The van der Waals surface area contributed by atoms with Gasteiger partial charge in [0.2, 0.25) is 76.8 Å². The van der Waals surface area contributed by atoms with E-state index in [1.807, 2.05) is 0 Å². The molecule has 12 atom stereocenters. The summed E-state index contributed by atoms with van der Waals surface area (Å²) in [7, 11) is 10.8. The predicted molar refractivity (Wildman–Crippen MR) is 372 cm³/mol. The van der Waals surface area contributed by atoms with Gasteiger partial charge in [-0.15, -0.1) is 6.58 Å². The molecule has 32 heteroatoms. The summed E-state index contributed by atoms with van der Waals surface area (Å²) in [6.07, 6.45) is -7.88. The van der Waals surface area contributed by atoms with Gasteiger partial charge in [-0.3, -0.25) is 57.5 Å². The average Bonchev–Trinajstić information content (AvgIpc) is 1.66. The summed E-state index contributed by atoms with van der Waals surface area (Å²) in [6, 6.07) is -11.4. The third-order valence-corrected chi connectivity index (χ3v) is 23.1. The molecule has 7 aliphatic rings. The summed E-state index contributed by atoms with van der Waals surface area (Å²) in [4.78, 5) is 190. The van der Waals surface area contributed by atoms with Crippen molar-refractivity contribution < 1.29 is 93.0 Å². The van der Waals surface area contributed by atoms with Gasteiger partial charge in [0.15, 0.2) is 0 Å². The van der Waals surface area contributed by atoms with Gasteiger partial charge in [-0.25, -0.2) is 17.6 Å². The van der Waals surface area contributed by atoms with Gasteiger partial charge in [0.25, 0.3) is 0 Å². The van der Waals surface area contributed by atoms with Crippen molar-refractivity contribution in [3.8, 4) is 0 Å². The number of carbonyl (C=O) groups excluding carboxylic acids is 12. The van der Waals surface area contributed by atoms with Crippen molar-refractivity contribution in [2.24, 2.45) is 29.6 Å². The Morgan fingerprint density at radius 1 is 0.695 bits per heavy atom. The zero-order valence-corrected chi connectivity index (χ0v) is 62.7. The van der Waals surface area contributed by atoms with E-state index in [2.05, 4.69) is 22.5 Å². The smallest absolute Gasteiger partial charge is 0.377 e. The summed E-state index contributed by atoms with van der Waals surface area (Å²) in [5, 5.41) is 8.35. The lowest BCUT2D eigenvalue weighted by Crippen LogP contribution is -2.68. The molecule has 3 heterocycles. The van der Waals surface area contributed by atoms with Gasteiger partial charge in [0.05, 0.1) is 25.6 Å². The lowest BCUT2D eigenvalue weighted by atomic mass is 9.74. The lowest BCUT2D eigenvalue weighted by molar-refractivity contribution is -0.219. The predicted octanol–water partition coefficient (Wildman–Crippen LogP) is 5.34. The molecule has 590 valence electrons. The maximum atomic E-state index is 15.5. The van der Waals surface area contributed by atoms with E-state index < -0.39 is 237 Å². The number of amides is 12. The molecule has 7 rings (SSSR count). The third kappa shape index (κ3) is 20.4. The SMILES string of the molecule is C=CC[C@H]1C(=O)N[C@@H]([C@@H](C)CC)C(=O)N(C)CC(=O)N(C)[C@H]2C/C=C\CCN(C2=O)[C@@H](CC2CCC(F)(F)CC2)C(=O)N(C)CC(=O)N[C@@H](CCC2CC(F)C(C(F)(F)F)C(F)C2)C(=O)N2C[C@H](OCC)C[C@H]2C(=O)NC2(CCC2)C(=O)N(C)[C@@H](C2CCCC2)C(=O)N(C)[C@H](C(=O)N(C)C)CC(=O)N1C. The van der Waals surface area contributed by atoms with Gasteiger partial charge in [0, 0.05) is 95.3 Å². The van der Waals surface area contributed by atoms with E-state index in [-0.39, 0.29) is 83.9 Å². The summed E-state index contributed by atoms with van der Waals surface area (Å²) in [6.45, 7) is 7.12. The van der Waals surface area contributed by atoms with Crippen LogP contribution in [0.2, 0.25) is 0 Å². The quantitative estimate of drug-likeness (QED) is 0.155. The summed E-state index contributed by atoms with van der Waals surface area (Å²) in [5.41, 5.74) is -1.68. The molecular weight excluding hydrogens is 1390 g/mol. The van der Waals surface area contributed by atoms with Crippen molar-refractivity contribution in [3.63, 3.8) is 0 Å². The van der Waals surface area contributed by atoms with Crippen molar-refractivity contribution in [1.29, 1.82) is 0 Å². The molecule has 0 aromatic heterocycles. The maximum absolute atomic E-state index is 15.5. The second-order valence-corrected chi connectivity index (χ2v) is 30.6. The second kappa shape index (κ2) is 36.5. The molecule has 12 amide bonds. The molecule has 6 fully saturated rings. The number of alkyl halides is 7. The Bertz CT molecular complexity index is 3170. The number of carbonyl (C=O) groups is 12. The Kier molecular flexibility index (Phi) is 29.5. The highest BCUT2D eigenvalue weighted by molar-refractivity contribution is 6.01. The van der Waals surface area contributed by atoms with E-state index in [0.717, 1.165) is 29.4 Å². The van der Waals surface area contributed by atoms with Crippen LogP contribution in [0.4, 0.5) is 30.7 Å². The van der Waals surface area contributed by atoms with Crippen LogP contribution in [0.1, 0.15) is 162 Å². The standard InChI is InChI=1S/C73H111F7N12O13/c1-13-22-51-62(96)82-60(43(4)14-2)68(102)86(8)42-58(95)88(10)52-25-17-16-20-34-91(67(52)101)55(37-44-28-32-72(76,77)33-29-44)66(100)85(7)41-56(93)81-50(27-26-45-35-48(74)59(49(75)36-45)73(78,79)80)64(98)92-40-47(105-15-3)38-53(92)63(97)83-71(30-21-31-71)70(104)90(12)61(46-23-18-19-24-46)69(103)89(11)54(65(99)84(5)6)39-57(94)87(51)9/h13,16-17,43-55,59-61H,1,14-15,18-42H2,2-12H3,(H,81,93)(H,82,96)(H,83,97)/b17-16-/t43-,45?,47+,48?,49?,50-,51-,52-,53-,54-,55-,59?,60-,61-/m0/s1. The van der Waals surface area contributed by atoms with E-state index in [0.29, 0.717) is 38.5 Å². The van der Waals surface area contributed by atoms with Crippen molar-refractivity contribution in [2.75, 3.05) is 89.2 Å². The van der Waals surface area contributed by atoms with Crippen molar-refractivity contribution in [3.05, 3.63) is 24.8 Å². The fourth-order valence-corrected chi connectivity index (χ4v) is 16.3. The van der Waals surface area contributed by atoms with Crippen LogP contribution in [0.3, 0.4) is 0 Å². The highest BCUT2D eigenvalue weighted by atomic mass is 19.4. The number of ether oxygens (including phenoxy) is 1. The first-order valence-corrected chi connectivity index (χ1v) is 37.2. The molecule has 4 aliphatic carbocycles. The molecule has 105 heavy (non-hydrogen) atoms. The highest BCUT2D eigenvalue weighted by Gasteiger charge is 2.56. The van der Waals surface area contributed by atoms with Crippen LogP contribution in [-0.4, -0.2) is 289 Å². The highest BCUT2D eigenvalue weighted by Crippen LogP contribution is 2.45. The Morgan fingerprint density at radius 3 is 1.90 bits per heavy atom. The van der Waals surface area contributed by atoms with Crippen LogP contribution in [0.25, 0.3) is 0 Å². The minimum atomic E-state index is -5.21. The largest absolute Gasteiger partial charge is 0.397 e. The molecule has 0 aromatic rings. The van der Waals surface area contributed by atoms with Gasteiger partial charge in [-0.05, 0) is 127 Å². The number of nitrogens with one attached hydrogen (secondary N) is 3. The minimum absolute atomic E-state index is 0.0474. The van der Waals surface area contributed by atoms with E-state index in [9.17, 15) is 50.7 Å². The van der Waals surface area contributed by atoms with Gasteiger partial charge < -0.3 is 64.8 Å². The summed E-state index contributed by atoms with van der Waals surface area (Å²) in [5.74, 6) is -18.1. The first kappa shape index (κ1) is 84.8. The zero-order chi connectivity index (χ0) is 77.9. The Labute approximate surface area is 611 Å². The van der Waals surface area contributed by atoms with Gasteiger partial charge in [0.1, 0.15) is 72.1 Å². The fraction of sp³-hybridized carbons (Fsp3) is 0.781. The normalized spacial score (nSPS) is 31.6. The number of rotatable bonds is 13. The molecule has 3 aliphatic heterocycles. The molecule has 2 saturated heterocycles. The minimum Gasteiger partial charge on any atom is -0.377 e. The van der Waals surface area contributed by atoms with Crippen LogP contribution in [0.15, 0.2) is 24.8 Å². The van der Waals surface area contributed by atoms with Crippen molar-refractivity contribution >= 4 is 70.9 Å². The molecular formula is C73H111F7N12O13. The molecule has 2 bridgehead atoms. The molecule has 4 saturated carbocycles. The first-order valence-electron chi connectivity index (χ1n) is 37.2. The van der Waals surface area contributed by atoms with E-state index >= 15 is 37.5 Å². The monoisotopic (exact) mass is 1500 g/mol. The van der Waals surface area contributed by atoms with Crippen LogP contribution in [0.5, 0.6) is 0 Å². The molecule has 25 nitrogen and oxygen atoms in total. The third-order valence-electron chi connectivity index (χ3n) is 23.1. The van der Waals surface area contributed by atoms with Crippen LogP contribution in [0, 0.1) is 29.6 Å². The molecule has 0 radical (unpaired) electrons. The number of hydrogen-bond acceptors (Lipinski definition) is 13. The first-order chi connectivity index (χ1) is 49.3. The summed E-state index contributed by atoms with van der Waals surface area (Å²) >= 11 is 0. The summed E-state index contributed by atoms with van der Waals surface area (Å²) < 4.78 is 108. The van der Waals surface area contributed by atoms with Gasteiger partial charge in [-0.1, -0.05) is 51.3 Å². The van der Waals surface area contributed by atoms with Gasteiger partial charge >= 0.3 is 6.18 Å². The van der Waals surface area contributed by atoms with Crippen molar-refractivity contribution in [1.82, 2.24) is 60.0 Å². The Hall–Kier alpha value is -7.41.